The molecule has 2 aromatic heterocycles. The van der Waals surface area contributed by atoms with Crippen LogP contribution in [0.5, 0.6) is 0 Å². The summed E-state index contributed by atoms with van der Waals surface area (Å²) in [5.41, 5.74) is 3.68. The highest BCUT2D eigenvalue weighted by Crippen LogP contribution is 2.06. The van der Waals surface area contributed by atoms with Gasteiger partial charge >= 0.3 is 0 Å². The maximum Gasteiger partial charge on any atom is 0.0951 e. The molecular weight excluding hydrogens is 186 g/mol. The molecule has 3 heteroatoms. The van der Waals surface area contributed by atoms with Crippen molar-refractivity contribution in [2.45, 2.75) is 26.8 Å². The van der Waals surface area contributed by atoms with Crippen molar-refractivity contribution in [3.8, 4) is 0 Å². The molecule has 0 aliphatic rings. The molecule has 0 saturated heterocycles. The number of hydrogen-bond acceptors (Lipinski definition) is 2. The summed E-state index contributed by atoms with van der Waals surface area (Å²) in [5, 5.41) is 0. The van der Waals surface area contributed by atoms with Gasteiger partial charge in [-0.2, -0.15) is 0 Å². The molecule has 0 radical (unpaired) electrons. The Morgan fingerprint density at radius 1 is 1.20 bits per heavy atom. The van der Waals surface area contributed by atoms with Gasteiger partial charge in [0.1, 0.15) is 0 Å². The van der Waals surface area contributed by atoms with Gasteiger partial charge in [0.2, 0.25) is 0 Å². The van der Waals surface area contributed by atoms with E-state index in [9.17, 15) is 0 Å². The van der Waals surface area contributed by atoms with E-state index in [1.807, 2.05) is 25.6 Å². The number of pyridine rings is 1. The molecule has 0 fully saturated rings. The van der Waals surface area contributed by atoms with E-state index in [-0.39, 0.29) is 0 Å². The largest absolute Gasteiger partial charge is 0.334 e. The molecule has 78 valence electrons. The average Bonchev–Trinajstić information content (AvgIpc) is 2.59. The SMILES string of the molecule is Cc1ncn(CCc2ccncc2)c1C. The van der Waals surface area contributed by atoms with Crippen LogP contribution < -0.4 is 0 Å². The van der Waals surface area contributed by atoms with Crippen molar-refractivity contribution in [3.63, 3.8) is 0 Å². The van der Waals surface area contributed by atoms with E-state index >= 15 is 0 Å². The third-order valence-electron chi connectivity index (χ3n) is 2.74. The van der Waals surface area contributed by atoms with Crippen LogP contribution in [0.15, 0.2) is 30.9 Å². The van der Waals surface area contributed by atoms with Gasteiger partial charge in [0.15, 0.2) is 0 Å². The summed E-state index contributed by atoms with van der Waals surface area (Å²) >= 11 is 0. The summed E-state index contributed by atoms with van der Waals surface area (Å²) < 4.78 is 2.19. The van der Waals surface area contributed by atoms with E-state index < -0.39 is 0 Å². The Morgan fingerprint density at radius 3 is 2.53 bits per heavy atom. The molecule has 0 aliphatic carbocycles. The van der Waals surface area contributed by atoms with Gasteiger partial charge in [-0.05, 0) is 38.0 Å². The second-order valence-electron chi connectivity index (χ2n) is 3.71. The Hall–Kier alpha value is -1.64. The van der Waals surface area contributed by atoms with Crippen molar-refractivity contribution in [2.75, 3.05) is 0 Å². The van der Waals surface area contributed by atoms with Crippen molar-refractivity contribution in [2.24, 2.45) is 0 Å². The Bertz CT molecular complexity index is 431. The molecule has 0 aliphatic heterocycles. The first-order chi connectivity index (χ1) is 7.27. The van der Waals surface area contributed by atoms with Gasteiger partial charge in [0, 0.05) is 24.6 Å². The summed E-state index contributed by atoms with van der Waals surface area (Å²) in [4.78, 5) is 8.28. The molecular formula is C12H15N3. The van der Waals surface area contributed by atoms with Gasteiger partial charge in [-0.1, -0.05) is 0 Å². The van der Waals surface area contributed by atoms with Gasteiger partial charge in [-0.15, -0.1) is 0 Å². The zero-order valence-electron chi connectivity index (χ0n) is 9.14. The summed E-state index contributed by atoms with van der Waals surface area (Å²) in [7, 11) is 0. The number of nitrogens with zero attached hydrogens (tertiary/aromatic N) is 3. The molecule has 2 rings (SSSR count). The van der Waals surface area contributed by atoms with Crippen LogP contribution in [0.25, 0.3) is 0 Å². The topological polar surface area (TPSA) is 30.7 Å². The minimum Gasteiger partial charge on any atom is -0.334 e. The lowest BCUT2D eigenvalue weighted by Gasteiger charge is -2.05. The predicted octanol–water partition coefficient (Wildman–Crippen LogP) is 2.14. The lowest BCUT2D eigenvalue weighted by atomic mass is 10.2. The van der Waals surface area contributed by atoms with Crippen LogP contribution in [0, 0.1) is 13.8 Å². The van der Waals surface area contributed by atoms with Crippen LogP contribution >= 0.6 is 0 Å². The highest BCUT2D eigenvalue weighted by Gasteiger charge is 2.01. The standard InChI is InChI=1S/C12H15N3/c1-10-11(2)15(9-14-10)8-5-12-3-6-13-7-4-12/h3-4,6-7,9H,5,8H2,1-2H3. The van der Waals surface area contributed by atoms with Crippen LogP contribution in [-0.2, 0) is 13.0 Å². The molecule has 0 unspecified atom stereocenters. The quantitative estimate of drug-likeness (QED) is 0.761. The molecule has 0 bridgehead atoms. The van der Waals surface area contributed by atoms with Gasteiger partial charge < -0.3 is 4.57 Å². The summed E-state index contributed by atoms with van der Waals surface area (Å²) in [5.74, 6) is 0. The molecule has 3 nitrogen and oxygen atoms in total. The highest BCUT2D eigenvalue weighted by atomic mass is 15.0. The molecule has 0 saturated carbocycles. The maximum absolute atomic E-state index is 4.28. The van der Waals surface area contributed by atoms with Crippen molar-refractivity contribution in [1.82, 2.24) is 14.5 Å². The first-order valence-electron chi connectivity index (χ1n) is 5.14. The van der Waals surface area contributed by atoms with Crippen molar-refractivity contribution in [3.05, 3.63) is 47.8 Å². The van der Waals surface area contributed by atoms with Crippen LogP contribution in [0.3, 0.4) is 0 Å². The van der Waals surface area contributed by atoms with E-state index in [4.69, 9.17) is 0 Å². The minimum atomic E-state index is 0.983. The van der Waals surface area contributed by atoms with Gasteiger partial charge in [0.05, 0.1) is 12.0 Å². The van der Waals surface area contributed by atoms with Gasteiger partial charge in [0.25, 0.3) is 0 Å². The third kappa shape index (κ3) is 2.24. The molecule has 0 aromatic carbocycles. The number of aromatic nitrogens is 3. The van der Waals surface area contributed by atoms with Crippen LogP contribution in [0.4, 0.5) is 0 Å². The van der Waals surface area contributed by atoms with Crippen molar-refractivity contribution >= 4 is 0 Å². The van der Waals surface area contributed by atoms with Gasteiger partial charge in [-0.3, -0.25) is 4.98 Å². The second-order valence-corrected chi connectivity index (χ2v) is 3.71. The molecule has 0 atom stereocenters. The van der Waals surface area contributed by atoms with Crippen molar-refractivity contribution in [1.29, 1.82) is 0 Å². The van der Waals surface area contributed by atoms with E-state index in [0.717, 1.165) is 18.7 Å². The average molecular weight is 201 g/mol. The number of aryl methyl sites for hydroxylation is 3. The molecule has 0 amide bonds. The Kier molecular flexibility index (Phi) is 2.81. The Balaban J connectivity index is 2.02. The molecule has 0 spiro atoms. The lowest BCUT2D eigenvalue weighted by molar-refractivity contribution is 0.676. The zero-order valence-corrected chi connectivity index (χ0v) is 9.14. The van der Waals surface area contributed by atoms with Crippen molar-refractivity contribution < 1.29 is 0 Å². The van der Waals surface area contributed by atoms with Crippen LogP contribution in [0.1, 0.15) is 17.0 Å². The van der Waals surface area contributed by atoms with E-state index in [1.54, 1.807) is 0 Å². The smallest absolute Gasteiger partial charge is 0.0951 e. The summed E-state index contributed by atoms with van der Waals surface area (Å²) in [6.07, 6.45) is 6.60. The Morgan fingerprint density at radius 2 is 1.93 bits per heavy atom. The fraction of sp³-hybridized carbons (Fsp3) is 0.333. The van der Waals surface area contributed by atoms with Crippen LogP contribution in [-0.4, -0.2) is 14.5 Å². The molecule has 15 heavy (non-hydrogen) atoms. The fourth-order valence-electron chi connectivity index (χ4n) is 1.57. The normalized spacial score (nSPS) is 10.5. The molecule has 2 aromatic rings. The summed E-state index contributed by atoms with van der Waals surface area (Å²) in [6, 6.07) is 4.11. The number of hydrogen-bond donors (Lipinski definition) is 0. The fourth-order valence-corrected chi connectivity index (χ4v) is 1.57. The lowest BCUT2D eigenvalue weighted by Crippen LogP contribution is -2.02. The predicted molar refractivity (Wildman–Crippen MR) is 59.6 cm³/mol. The van der Waals surface area contributed by atoms with E-state index in [0.29, 0.717) is 0 Å². The monoisotopic (exact) mass is 201 g/mol. The zero-order chi connectivity index (χ0) is 10.7. The molecule has 0 N–H and O–H groups in total. The third-order valence-corrected chi connectivity index (χ3v) is 2.74. The second kappa shape index (κ2) is 4.26. The first-order valence-corrected chi connectivity index (χ1v) is 5.14. The number of rotatable bonds is 3. The number of imidazole rings is 1. The maximum atomic E-state index is 4.28. The van der Waals surface area contributed by atoms with E-state index in [1.165, 1.54) is 11.3 Å². The minimum absolute atomic E-state index is 0.983. The summed E-state index contributed by atoms with van der Waals surface area (Å²) in [6.45, 7) is 5.13. The first kappa shape index (κ1) is 9.90. The van der Waals surface area contributed by atoms with Crippen LogP contribution in [0.2, 0.25) is 0 Å². The highest BCUT2D eigenvalue weighted by molar-refractivity contribution is 5.12. The van der Waals surface area contributed by atoms with Gasteiger partial charge in [-0.25, -0.2) is 4.98 Å². The molecule has 2 heterocycles. The Labute approximate surface area is 89.8 Å². The van der Waals surface area contributed by atoms with E-state index in [2.05, 4.69) is 33.6 Å².